The van der Waals surface area contributed by atoms with E-state index in [1.54, 1.807) is 0 Å². The number of carbonyl (C=O) groups excluding carboxylic acids is 1. The average molecular weight is 367 g/mol. The molecule has 3 aromatic rings. The van der Waals surface area contributed by atoms with Crippen LogP contribution in [0.3, 0.4) is 0 Å². The number of benzene rings is 3. The lowest BCUT2D eigenvalue weighted by atomic mass is 9.53. The van der Waals surface area contributed by atoms with Gasteiger partial charge in [-0.2, -0.15) is 0 Å². The highest BCUT2D eigenvalue weighted by Crippen LogP contribution is 2.59. The van der Waals surface area contributed by atoms with Gasteiger partial charge in [-0.05, 0) is 47.2 Å². The van der Waals surface area contributed by atoms with Crippen molar-refractivity contribution in [1.29, 1.82) is 0 Å². The lowest BCUT2D eigenvalue weighted by molar-refractivity contribution is -0.122. The molecule has 2 nitrogen and oxygen atoms in total. The van der Waals surface area contributed by atoms with E-state index < -0.39 is 0 Å². The van der Waals surface area contributed by atoms with Crippen LogP contribution in [-0.4, -0.2) is 5.91 Å². The number of rotatable bonds is 3. The van der Waals surface area contributed by atoms with E-state index in [1.165, 1.54) is 27.8 Å². The zero-order chi connectivity index (χ0) is 19.3. The largest absolute Gasteiger partial charge is 0.326 e. The van der Waals surface area contributed by atoms with Gasteiger partial charge in [0.05, 0.1) is 5.92 Å². The van der Waals surface area contributed by atoms with Crippen molar-refractivity contribution in [3.63, 3.8) is 0 Å². The third-order valence-electron chi connectivity index (χ3n) is 6.67. The fraction of sp³-hybridized carbons (Fsp3) is 0.269. The number of anilines is 1. The minimum Gasteiger partial charge on any atom is -0.326 e. The number of nitrogens with one attached hydrogen (secondary N) is 1. The maximum Gasteiger partial charge on any atom is 0.228 e. The van der Waals surface area contributed by atoms with Gasteiger partial charge in [0.25, 0.3) is 0 Å². The van der Waals surface area contributed by atoms with Crippen LogP contribution in [0.4, 0.5) is 5.69 Å². The van der Waals surface area contributed by atoms with Crippen LogP contribution in [0.5, 0.6) is 0 Å². The number of amides is 1. The van der Waals surface area contributed by atoms with Gasteiger partial charge in [0.1, 0.15) is 0 Å². The molecule has 6 rings (SSSR count). The molecule has 1 amide bonds. The lowest BCUT2D eigenvalue weighted by Gasteiger charge is -2.50. The number of hydrogen-bond acceptors (Lipinski definition) is 1. The van der Waals surface area contributed by atoms with E-state index in [9.17, 15) is 4.79 Å². The van der Waals surface area contributed by atoms with Gasteiger partial charge in [0, 0.05) is 17.5 Å². The standard InChI is InChI=1S/C26H25NO/c1-3-18-23-19-8-4-6-10-21(19)24(22-11-7-5-9-20(22)23)25(18)26(28)27-17-14-12-16(2)13-15-17/h4-15,18,23-25H,3H2,1-2H3,(H,27,28)/t18-,23?,24?,25+/m1/s1. The van der Waals surface area contributed by atoms with Crippen molar-refractivity contribution < 1.29 is 4.79 Å². The van der Waals surface area contributed by atoms with Crippen LogP contribution in [0.1, 0.15) is 53.0 Å². The number of carbonyl (C=O) groups is 1. The van der Waals surface area contributed by atoms with Crippen LogP contribution in [-0.2, 0) is 4.79 Å². The molecule has 2 heteroatoms. The molecule has 0 radical (unpaired) electrons. The van der Waals surface area contributed by atoms with Gasteiger partial charge in [-0.25, -0.2) is 0 Å². The highest BCUT2D eigenvalue weighted by Gasteiger charge is 2.51. The predicted octanol–water partition coefficient (Wildman–Crippen LogP) is 5.87. The van der Waals surface area contributed by atoms with Crippen LogP contribution < -0.4 is 5.32 Å². The van der Waals surface area contributed by atoms with Crippen LogP contribution >= 0.6 is 0 Å². The molecule has 3 aliphatic rings. The van der Waals surface area contributed by atoms with Crippen molar-refractivity contribution in [2.45, 2.75) is 32.1 Å². The number of aryl methyl sites for hydroxylation is 1. The normalized spacial score (nSPS) is 24.4. The molecule has 0 saturated heterocycles. The highest BCUT2D eigenvalue weighted by molar-refractivity contribution is 5.94. The Bertz CT molecular complexity index is 989. The second-order valence-corrected chi connectivity index (χ2v) is 8.17. The molecule has 0 unspecified atom stereocenters. The lowest BCUT2D eigenvalue weighted by Crippen LogP contribution is -2.45. The Labute approximate surface area is 166 Å². The van der Waals surface area contributed by atoms with Crippen molar-refractivity contribution >= 4 is 11.6 Å². The zero-order valence-electron chi connectivity index (χ0n) is 16.4. The molecule has 0 saturated carbocycles. The van der Waals surface area contributed by atoms with Crippen molar-refractivity contribution in [3.05, 3.63) is 101 Å². The van der Waals surface area contributed by atoms with Gasteiger partial charge < -0.3 is 5.32 Å². The van der Waals surface area contributed by atoms with E-state index in [2.05, 4.69) is 67.7 Å². The fourth-order valence-corrected chi connectivity index (χ4v) is 5.49. The number of fused-ring (bicyclic) bond motifs is 1. The monoisotopic (exact) mass is 367 g/mol. The van der Waals surface area contributed by atoms with Crippen LogP contribution in [0.25, 0.3) is 0 Å². The summed E-state index contributed by atoms with van der Waals surface area (Å²) >= 11 is 0. The second-order valence-electron chi connectivity index (χ2n) is 8.17. The topological polar surface area (TPSA) is 29.1 Å². The Kier molecular flexibility index (Phi) is 4.08. The molecule has 0 aliphatic heterocycles. The Morgan fingerprint density at radius 1 is 0.786 bits per heavy atom. The summed E-state index contributed by atoms with van der Waals surface area (Å²) in [5.41, 5.74) is 7.58. The molecule has 3 aliphatic carbocycles. The molecular formula is C26H25NO. The van der Waals surface area contributed by atoms with Crippen molar-refractivity contribution in [2.24, 2.45) is 11.8 Å². The first-order chi connectivity index (χ1) is 13.7. The maximum absolute atomic E-state index is 13.5. The van der Waals surface area contributed by atoms with Gasteiger partial charge >= 0.3 is 0 Å². The van der Waals surface area contributed by atoms with E-state index in [-0.39, 0.29) is 17.7 Å². The molecule has 140 valence electrons. The quantitative estimate of drug-likeness (QED) is 0.616. The van der Waals surface area contributed by atoms with E-state index >= 15 is 0 Å². The molecule has 0 fully saturated rings. The van der Waals surface area contributed by atoms with Crippen molar-refractivity contribution in [2.75, 3.05) is 5.32 Å². The summed E-state index contributed by atoms with van der Waals surface area (Å²) in [5.74, 6) is 0.861. The maximum atomic E-state index is 13.5. The minimum atomic E-state index is -0.0406. The van der Waals surface area contributed by atoms with Crippen LogP contribution in [0.2, 0.25) is 0 Å². The summed E-state index contributed by atoms with van der Waals surface area (Å²) < 4.78 is 0. The van der Waals surface area contributed by atoms with Crippen molar-refractivity contribution in [1.82, 2.24) is 0 Å². The molecule has 0 spiro atoms. The molecule has 0 aromatic heterocycles. The average Bonchev–Trinajstić information content (AvgIpc) is 2.74. The zero-order valence-corrected chi connectivity index (χ0v) is 16.4. The van der Waals surface area contributed by atoms with Gasteiger partial charge in [0.15, 0.2) is 0 Å². The highest BCUT2D eigenvalue weighted by atomic mass is 16.1. The summed E-state index contributed by atoms with van der Waals surface area (Å²) in [6.45, 7) is 4.29. The summed E-state index contributed by atoms with van der Waals surface area (Å²) in [4.78, 5) is 13.5. The summed E-state index contributed by atoms with van der Waals surface area (Å²) in [7, 11) is 0. The first kappa shape index (κ1) is 17.2. The van der Waals surface area contributed by atoms with Crippen molar-refractivity contribution in [3.8, 4) is 0 Å². The molecule has 28 heavy (non-hydrogen) atoms. The second kappa shape index (κ2) is 6.63. The minimum absolute atomic E-state index is 0.0406. The van der Waals surface area contributed by atoms with E-state index in [0.29, 0.717) is 11.8 Å². The summed E-state index contributed by atoms with van der Waals surface area (Å²) in [6, 6.07) is 25.5. The Balaban J connectivity index is 1.61. The first-order valence-corrected chi connectivity index (χ1v) is 10.2. The van der Waals surface area contributed by atoms with Gasteiger partial charge in [-0.15, -0.1) is 0 Å². The first-order valence-electron chi connectivity index (χ1n) is 10.2. The van der Waals surface area contributed by atoms with E-state index in [4.69, 9.17) is 0 Å². The van der Waals surface area contributed by atoms with Crippen LogP contribution in [0.15, 0.2) is 72.8 Å². The molecule has 2 atom stereocenters. The molecule has 0 heterocycles. The Morgan fingerprint density at radius 2 is 1.29 bits per heavy atom. The predicted molar refractivity (Wildman–Crippen MR) is 114 cm³/mol. The molecule has 1 N–H and O–H groups in total. The van der Waals surface area contributed by atoms with Gasteiger partial charge in [-0.1, -0.05) is 79.6 Å². The van der Waals surface area contributed by atoms with Gasteiger partial charge in [0.2, 0.25) is 5.91 Å². The number of hydrogen-bond donors (Lipinski definition) is 1. The third-order valence-corrected chi connectivity index (χ3v) is 6.67. The smallest absolute Gasteiger partial charge is 0.228 e. The fourth-order valence-electron chi connectivity index (χ4n) is 5.49. The molecule has 3 aromatic carbocycles. The Hall–Kier alpha value is -2.87. The van der Waals surface area contributed by atoms with E-state index in [1.807, 2.05) is 24.3 Å². The molecule has 2 bridgehead atoms. The SMILES string of the molecule is CC[C@@H]1C2c3ccccc3C(c3ccccc32)[C@H]1C(=O)Nc1ccc(C)cc1. The third kappa shape index (κ3) is 2.51. The van der Waals surface area contributed by atoms with E-state index in [0.717, 1.165) is 12.1 Å². The molecular weight excluding hydrogens is 342 g/mol. The summed E-state index contributed by atoms with van der Waals surface area (Å²) in [6.07, 6.45) is 0.996. The van der Waals surface area contributed by atoms with Crippen LogP contribution in [0, 0.1) is 18.8 Å². The van der Waals surface area contributed by atoms with Gasteiger partial charge in [-0.3, -0.25) is 4.79 Å². The Morgan fingerprint density at radius 3 is 1.79 bits per heavy atom. The summed E-state index contributed by atoms with van der Waals surface area (Å²) in [5, 5.41) is 3.21.